The molecule has 0 fully saturated rings. The number of rotatable bonds is 1. The minimum atomic E-state index is 0.825. The summed E-state index contributed by atoms with van der Waals surface area (Å²) < 4.78 is 2.55. The summed E-state index contributed by atoms with van der Waals surface area (Å²) in [5.41, 5.74) is 1.78. The molecule has 56 valence electrons. The molecule has 0 aliphatic rings. The minimum absolute atomic E-state index is 0.825. The van der Waals surface area contributed by atoms with Crippen LogP contribution in [0.1, 0.15) is 0 Å². The van der Waals surface area contributed by atoms with Crippen molar-refractivity contribution < 1.29 is 0 Å². The van der Waals surface area contributed by atoms with Gasteiger partial charge in [-0.05, 0) is 22.0 Å². The fraction of sp³-hybridized carbons (Fsp3) is 0. The Morgan fingerprint density at radius 3 is 3.00 bits per heavy atom. The first-order chi connectivity index (χ1) is 5.36. The topological polar surface area (TPSA) is 30.7 Å². The molecule has 0 aliphatic heterocycles. The second-order valence-corrected chi connectivity index (χ2v) is 3.46. The van der Waals surface area contributed by atoms with Crippen molar-refractivity contribution in [2.24, 2.45) is 0 Å². The Morgan fingerprint density at radius 2 is 2.45 bits per heavy atom. The van der Waals surface area contributed by atoms with E-state index in [0.29, 0.717) is 0 Å². The van der Waals surface area contributed by atoms with E-state index in [9.17, 15) is 0 Å². The van der Waals surface area contributed by atoms with Gasteiger partial charge in [0.1, 0.15) is 4.60 Å². The molecule has 0 bridgehead atoms. The Hall–Kier alpha value is -0.680. The second-order valence-electron chi connectivity index (χ2n) is 1.93. The largest absolute Gasteiger partial charge is 0.226 e. The molecule has 2 aromatic rings. The molecule has 2 aromatic heterocycles. The molecule has 0 aromatic carbocycles. The van der Waals surface area contributed by atoms with E-state index in [-0.39, 0.29) is 0 Å². The lowest BCUT2D eigenvalue weighted by Crippen LogP contribution is -1.93. The van der Waals surface area contributed by atoms with Crippen LogP contribution in [0.2, 0.25) is 0 Å². The minimum Gasteiger partial charge on any atom is -0.226 e. The summed E-state index contributed by atoms with van der Waals surface area (Å²) in [6, 6.07) is 1.87. The van der Waals surface area contributed by atoms with E-state index < -0.39 is 0 Å². The van der Waals surface area contributed by atoms with Crippen molar-refractivity contribution in [1.82, 2.24) is 14.8 Å². The monoisotopic (exact) mass is 229 g/mol. The van der Waals surface area contributed by atoms with Gasteiger partial charge in [0.25, 0.3) is 0 Å². The van der Waals surface area contributed by atoms with Crippen LogP contribution in [-0.4, -0.2) is 14.8 Å². The Kier molecular flexibility index (Phi) is 1.75. The number of thiazole rings is 1. The third-order valence-corrected chi connectivity index (χ3v) is 2.21. The number of halogens is 1. The lowest BCUT2D eigenvalue weighted by atomic mass is 10.7. The third-order valence-electron chi connectivity index (χ3n) is 1.21. The van der Waals surface area contributed by atoms with Gasteiger partial charge in [-0.15, -0.1) is 11.3 Å². The van der Waals surface area contributed by atoms with Crippen LogP contribution in [-0.2, 0) is 0 Å². The number of hydrogen-bond donors (Lipinski definition) is 0. The third kappa shape index (κ3) is 1.34. The van der Waals surface area contributed by atoms with Crippen LogP contribution in [0.25, 0.3) is 5.82 Å². The number of aromatic nitrogens is 3. The average molecular weight is 230 g/mol. The van der Waals surface area contributed by atoms with Crippen molar-refractivity contribution in [2.75, 3.05) is 0 Å². The zero-order valence-electron chi connectivity index (χ0n) is 5.44. The van der Waals surface area contributed by atoms with E-state index in [4.69, 9.17) is 0 Å². The van der Waals surface area contributed by atoms with Crippen LogP contribution >= 0.6 is 27.3 Å². The highest BCUT2D eigenvalue weighted by Crippen LogP contribution is 2.10. The molecule has 2 rings (SSSR count). The molecule has 0 N–H and O–H groups in total. The summed E-state index contributed by atoms with van der Waals surface area (Å²) in [5.74, 6) is 0.862. The molecule has 0 saturated heterocycles. The summed E-state index contributed by atoms with van der Waals surface area (Å²) in [7, 11) is 0. The molecule has 0 amide bonds. The Balaban J connectivity index is 2.45. The predicted molar refractivity (Wildman–Crippen MR) is 46.9 cm³/mol. The van der Waals surface area contributed by atoms with Crippen molar-refractivity contribution in [2.45, 2.75) is 0 Å². The quantitative estimate of drug-likeness (QED) is 0.750. The Morgan fingerprint density at radius 1 is 1.55 bits per heavy atom. The molecule has 0 unspecified atom stereocenters. The highest BCUT2D eigenvalue weighted by Gasteiger charge is 1.98. The van der Waals surface area contributed by atoms with Crippen molar-refractivity contribution in [1.29, 1.82) is 0 Å². The first kappa shape index (κ1) is 7.00. The van der Waals surface area contributed by atoms with Gasteiger partial charge >= 0.3 is 0 Å². The van der Waals surface area contributed by atoms with Crippen molar-refractivity contribution in [3.05, 3.63) is 27.8 Å². The van der Waals surface area contributed by atoms with E-state index in [1.807, 2.05) is 17.6 Å². The zero-order valence-corrected chi connectivity index (χ0v) is 7.84. The molecule has 2 heterocycles. The van der Waals surface area contributed by atoms with Crippen molar-refractivity contribution in [3.8, 4) is 5.82 Å². The van der Waals surface area contributed by atoms with Crippen LogP contribution < -0.4 is 0 Å². The van der Waals surface area contributed by atoms with Gasteiger partial charge in [-0.2, -0.15) is 5.10 Å². The maximum atomic E-state index is 4.13. The zero-order chi connectivity index (χ0) is 7.68. The van der Waals surface area contributed by atoms with Gasteiger partial charge in [0.15, 0.2) is 5.82 Å². The smallest absolute Gasteiger partial charge is 0.164 e. The summed E-state index contributed by atoms with van der Waals surface area (Å²) in [6.07, 6.45) is 1.86. The molecule has 0 spiro atoms. The van der Waals surface area contributed by atoms with Gasteiger partial charge in [-0.1, -0.05) is 0 Å². The van der Waals surface area contributed by atoms with E-state index in [2.05, 4.69) is 26.0 Å². The molecule has 3 nitrogen and oxygen atoms in total. The Bertz CT molecular complexity index is 340. The molecule has 11 heavy (non-hydrogen) atoms. The normalized spacial score (nSPS) is 10.3. The van der Waals surface area contributed by atoms with E-state index >= 15 is 0 Å². The van der Waals surface area contributed by atoms with Gasteiger partial charge < -0.3 is 0 Å². The highest BCUT2D eigenvalue weighted by molar-refractivity contribution is 9.10. The first-order valence-corrected chi connectivity index (χ1v) is 4.69. The first-order valence-electron chi connectivity index (χ1n) is 2.96. The van der Waals surface area contributed by atoms with Crippen LogP contribution in [0.15, 0.2) is 27.8 Å². The SMILES string of the molecule is Brc1ccn(-c2cscn2)n1. The summed E-state index contributed by atoms with van der Waals surface area (Å²) >= 11 is 4.82. The molecule has 0 atom stereocenters. The number of nitrogens with zero attached hydrogens (tertiary/aromatic N) is 3. The van der Waals surface area contributed by atoms with Crippen LogP contribution in [0, 0.1) is 0 Å². The maximum absolute atomic E-state index is 4.13. The standard InChI is InChI=1S/C6H4BrN3S/c7-5-1-2-10(9-5)6-3-11-4-8-6/h1-4H. The van der Waals surface area contributed by atoms with E-state index in [1.54, 1.807) is 21.5 Å². The summed E-state index contributed by atoms with van der Waals surface area (Å²) in [5, 5.41) is 6.07. The lowest BCUT2D eigenvalue weighted by Gasteiger charge is -1.90. The van der Waals surface area contributed by atoms with Gasteiger partial charge in [0.05, 0.1) is 5.51 Å². The van der Waals surface area contributed by atoms with Crippen LogP contribution in [0.3, 0.4) is 0 Å². The van der Waals surface area contributed by atoms with Crippen LogP contribution in [0.4, 0.5) is 0 Å². The van der Waals surface area contributed by atoms with Crippen molar-refractivity contribution >= 4 is 27.3 Å². The molecule has 0 aliphatic carbocycles. The maximum Gasteiger partial charge on any atom is 0.164 e. The van der Waals surface area contributed by atoms with E-state index in [0.717, 1.165) is 10.4 Å². The molecular weight excluding hydrogens is 226 g/mol. The van der Waals surface area contributed by atoms with Gasteiger partial charge in [0, 0.05) is 11.6 Å². The molecule has 0 saturated carbocycles. The average Bonchev–Trinajstić information content (AvgIpc) is 2.55. The fourth-order valence-corrected chi connectivity index (χ4v) is 1.56. The highest BCUT2D eigenvalue weighted by atomic mass is 79.9. The lowest BCUT2D eigenvalue weighted by molar-refractivity contribution is 0.846. The summed E-state index contributed by atoms with van der Waals surface area (Å²) in [4.78, 5) is 4.10. The number of hydrogen-bond acceptors (Lipinski definition) is 3. The van der Waals surface area contributed by atoms with E-state index in [1.165, 1.54) is 0 Å². The molecule has 5 heteroatoms. The van der Waals surface area contributed by atoms with Crippen LogP contribution in [0.5, 0.6) is 0 Å². The Labute approximate surface area is 75.8 Å². The molecular formula is C6H4BrN3S. The van der Waals surface area contributed by atoms with Crippen molar-refractivity contribution in [3.63, 3.8) is 0 Å². The summed E-state index contributed by atoms with van der Waals surface area (Å²) in [6.45, 7) is 0. The van der Waals surface area contributed by atoms with Gasteiger partial charge in [0.2, 0.25) is 0 Å². The molecule has 0 radical (unpaired) electrons. The fourth-order valence-electron chi connectivity index (χ4n) is 0.749. The predicted octanol–water partition coefficient (Wildman–Crippen LogP) is 2.09. The second kappa shape index (κ2) is 2.75. The van der Waals surface area contributed by atoms with Gasteiger partial charge in [-0.3, -0.25) is 0 Å². The van der Waals surface area contributed by atoms with Gasteiger partial charge in [-0.25, -0.2) is 9.67 Å².